The second-order valence-electron chi connectivity index (χ2n) is 4.22. The van der Waals surface area contributed by atoms with Crippen LogP contribution in [0.25, 0.3) is 0 Å². The van der Waals surface area contributed by atoms with Gasteiger partial charge in [0.15, 0.2) is 4.93 Å². The number of benzene rings is 1. The molecule has 1 aromatic rings. The van der Waals surface area contributed by atoms with Gasteiger partial charge in [0, 0.05) is 31.6 Å². The Hall–Kier alpha value is -0.110. The molecule has 94 valence electrons. The fourth-order valence-corrected chi connectivity index (χ4v) is 2.69. The van der Waals surface area contributed by atoms with E-state index in [9.17, 15) is 18.1 Å². The molecule has 0 amide bonds. The van der Waals surface area contributed by atoms with Gasteiger partial charge in [-0.15, -0.1) is 0 Å². The number of piperidine rings is 1. The van der Waals surface area contributed by atoms with E-state index in [4.69, 9.17) is 0 Å². The number of nitrogens with zero attached hydrogens (tertiary/aromatic N) is 1. The zero-order chi connectivity index (χ0) is 12.5. The summed E-state index contributed by atoms with van der Waals surface area (Å²) in [5.41, 5.74) is 0.970. The zero-order valence-corrected chi connectivity index (χ0v) is 13.1. The van der Waals surface area contributed by atoms with Gasteiger partial charge in [-0.3, -0.25) is 0 Å². The molecule has 2 rings (SSSR count). The van der Waals surface area contributed by atoms with E-state index in [0.29, 0.717) is 13.1 Å². The maximum Gasteiger partial charge on any atom is 1.00 e. The maximum absolute atomic E-state index is 10.9. The first-order valence-corrected chi connectivity index (χ1v) is 6.81. The van der Waals surface area contributed by atoms with Gasteiger partial charge in [-0.1, -0.05) is 18.2 Å². The van der Waals surface area contributed by atoms with Crippen molar-refractivity contribution in [3.63, 3.8) is 0 Å². The molecule has 1 aliphatic heterocycles. The van der Waals surface area contributed by atoms with E-state index in [-0.39, 0.29) is 42.4 Å². The van der Waals surface area contributed by atoms with Gasteiger partial charge in [0.05, 0.1) is 0 Å². The summed E-state index contributed by atoms with van der Waals surface area (Å²) >= 11 is 0. The number of anilines is 1. The molecule has 0 atom stereocenters. The van der Waals surface area contributed by atoms with E-state index < -0.39 is 15.1 Å². The molecule has 1 heterocycles. The summed E-state index contributed by atoms with van der Waals surface area (Å²) in [6, 6.07) is 9.50. The molecule has 0 saturated carbocycles. The Kier molecular flexibility index (Phi) is 5.22. The molecule has 1 saturated heterocycles. The van der Waals surface area contributed by atoms with Crippen molar-refractivity contribution in [3.05, 3.63) is 30.3 Å². The third-order valence-corrected chi connectivity index (χ3v) is 4.47. The summed E-state index contributed by atoms with van der Waals surface area (Å²) in [4.78, 5) is -0.141. The minimum atomic E-state index is -4.65. The molecule has 1 aliphatic rings. The SMILES string of the molecule is O=S(=O)([O-])C1(O)CCN(c2ccccc2)CC1.[Na+]. The molecule has 0 spiro atoms. The summed E-state index contributed by atoms with van der Waals surface area (Å²) in [5, 5.41) is 9.75. The van der Waals surface area contributed by atoms with E-state index in [1.807, 2.05) is 35.2 Å². The van der Waals surface area contributed by atoms with Crippen LogP contribution >= 0.6 is 0 Å². The van der Waals surface area contributed by atoms with Crippen molar-refractivity contribution in [2.24, 2.45) is 0 Å². The van der Waals surface area contributed by atoms with Crippen molar-refractivity contribution >= 4 is 15.8 Å². The molecule has 0 aliphatic carbocycles. The van der Waals surface area contributed by atoms with Crippen LogP contribution < -0.4 is 34.5 Å². The van der Waals surface area contributed by atoms with Crippen LogP contribution in [0.5, 0.6) is 0 Å². The molecule has 1 fully saturated rings. The van der Waals surface area contributed by atoms with Crippen LogP contribution in [0.1, 0.15) is 12.8 Å². The molecule has 1 N–H and O–H groups in total. The number of hydrogen-bond acceptors (Lipinski definition) is 5. The fraction of sp³-hybridized carbons (Fsp3) is 0.455. The average Bonchev–Trinajstić information content (AvgIpc) is 2.30. The van der Waals surface area contributed by atoms with Gasteiger partial charge in [-0.05, 0) is 12.1 Å². The fourth-order valence-electron chi connectivity index (χ4n) is 2.00. The minimum Gasteiger partial charge on any atom is -0.746 e. The van der Waals surface area contributed by atoms with Crippen molar-refractivity contribution in [1.82, 2.24) is 0 Å². The number of rotatable bonds is 2. The predicted molar refractivity (Wildman–Crippen MR) is 62.5 cm³/mol. The Morgan fingerprint density at radius 1 is 1.17 bits per heavy atom. The van der Waals surface area contributed by atoms with E-state index in [0.717, 1.165) is 5.69 Å². The first kappa shape index (κ1) is 15.9. The summed E-state index contributed by atoms with van der Waals surface area (Å²) in [7, 11) is -4.65. The van der Waals surface area contributed by atoms with E-state index in [1.54, 1.807) is 0 Å². The second-order valence-corrected chi connectivity index (χ2v) is 5.89. The van der Waals surface area contributed by atoms with Crippen LogP contribution in [0.4, 0.5) is 5.69 Å². The van der Waals surface area contributed by atoms with Crippen molar-refractivity contribution in [1.29, 1.82) is 0 Å². The van der Waals surface area contributed by atoms with Crippen LogP contribution in [0.3, 0.4) is 0 Å². The van der Waals surface area contributed by atoms with E-state index in [2.05, 4.69) is 0 Å². The maximum atomic E-state index is 10.9. The van der Waals surface area contributed by atoms with Gasteiger partial charge in [0.2, 0.25) is 0 Å². The smallest absolute Gasteiger partial charge is 0.746 e. The number of para-hydroxylation sites is 1. The molecule has 5 nitrogen and oxygen atoms in total. The summed E-state index contributed by atoms with van der Waals surface area (Å²) in [6.07, 6.45) is -0.0958. The van der Waals surface area contributed by atoms with Crippen LogP contribution in [-0.4, -0.2) is 36.1 Å². The predicted octanol–water partition coefficient (Wildman–Crippen LogP) is -2.48. The van der Waals surface area contributed by atoms with Crippen LogP contribution in [0.15, 0.2) is 30.3 Å². The summed E-state index contributed by atoms with van der Waals surface area (Å²) in [6.45, 7) is 0.726. The second kappa shape index (κ2) is 5.90. The van der Waals surface area contributed by atoms with Gasteiger partial charge < -0.3 is 14.6 Å². The Labute approximate surface area is 129 Å². The number of aliphatic hydroxyl groups is 1. The standard InChI is InChI=1S/C11H15NO4S.Na/c13-11(17(14,15)16)6-8-12(9-7-11)10-4-2-1-3-5-10;/h1-5,13H,6-9H2,(H,14,15,16);/q;+1/p-1. The van der Waals surface area contributed by atoms with Crippen LogP contribution in [0.2, 0.25) is 0 Å². The van der Waals surface area contributed by atoms with Crippen molar-refractivity contribution in [2.75, 3.05) is 18.0 Å². The minimum absolute atomic E-state index is 0. The van der Waals surface area contributed by atoms with Crippen molar-refractivity contribution in [3.8, 4) is 0 Å². The summed E-state index contributed by atoms with van der Waals surface area (Å²) < 4.78 is 32.8. The molecule has 0 aromatic heterocycles. The van der Waals surface area contributed by atoms with Gasteiger partial charge in [0.1, 0.15) is 10.1 Å². The van der Waals surface area contributed by atoms with E-state index >= 15 is 0 Å². The van der Waals surface area contributed by atoms with Gasteiger partial charge in [0.25, 0.3) is 0 Å². The van der Waals surface area contributed by atoms with E-state index in [1.165, 1.54) is 0 Å². The Balaban J connectivity index is 0.00000162. The molecule has 18 heavy (non-hydrogen) atoms. The van der Waals surface area contributed by atoms with Crippen molar-refractivity contribution < 1.29 is 47.6 Å². The first-order valence-electron chi connectivity index (χ1n) is 5.40. The van der Waals surface area contributed by atoms with Crippen LogP contribution in [0, 0.1) is 0 Å². The molecule has 0 radical (unpaired) electrons. The topological polar surface area (TPSA) is 80.7 Å². The Bertz CT molecular complexity index is 483. The molecular weight excluding hydrogens is 265 g/mol. The molecule has 7 heteroatoms. The Morgan fingerprint density at radius 3 is 2.11 bits per heavy atom. The van der Waals surface area contributed by atoms with Crippen LogP contribution in [-0.2, 0) is 10.1 Å². The number of hydrogen-bond donors (Lipinski definition) is 1. The quantitative estimate of drug-likeness (QED) is 0.479. The first-order chi connectivity index (χ1) is 7.92. The monoisotopic (exact) mass is 279 g/mol. The summed E-state index contributed by atoms with van der Waals surface area (Å²) in [5.74, 6) is 0. The normalized spacial score (nSPS) is 19.1. The van der Waals surface area contributed by atoms with Gasteiger partial charge in [-0.25, -0.2) is 8.42 Å². The van der Waals surface area contributed by atoms with Gasteiger partial charge in [-0.2, -0.15) is 0 Å². The molecule has 1 aromatic carbocycles. The third-order valence-electron chi connectivity index (χ3n) is 3.13. The molecule has 0 unspecified atom stereocenters. The van der Waals surface area contributed by atoms with Crippen molar-refractivity contribution in [2.45, 2.75) is 17.8 Å². The van der Waals surface area contributed by atoms with Gasteiger partial charge >= 0.3 is 29.6 Å². The molecular formula is C11H14NNaO4S. The largest absolute Gasteiger partial charge is 1.00 e. The molecule has 0 bridgehead atoms. The zero-order valence-electron chi connectivity index (χ0n) is 10.2. The third kappa shape index (κ3) is 3.26. The Morgan fingerprint density at radius 2 is 1.67 bits per heavy atom. The average molecular weight is 279 g/mol.